The quantitative estimate of drug-likeness (QED) is 0.640. The molecule has 4 nitrogen and oxygen atoms in total. The van der Waals surface area contributed by atoms with Crippen molar-refractivity contribution in [3.63, 3.8) is 0 Å². The summed E-state index contributed by atoms with van der Waals surface area (Å²) < 4.78 is 7.01. The van der Waals surface area contributed by atoms with E-state index in [9.17, 15) is 4.79 Å². The summed E-state index contributed by atoms with van der Waals surface area (Å²) in [5.74, 6) is -0.145. The fraction of sp³-hybridized carbons (Fsp3) is 0.400. The molecule has 0 bridgehead atoms. The largest absolute Gasteiger partial charge is 0.466 e. The van der Waals surface area contributed by atoms with E-state index in [0.29, 0.717) is 19.6 Å². The van der Waals surface area contributed by atoms with Crippen molar-refractivity contribution in [1.82, 2.24) is 9.88 Å². The predicted octanol–water partition coefficient (Wildman–Crippen LogP) is 2.22. The number of fused-ring (bicyclic) bond motifs is 1. The molecule has 0 amide bonds. The highest BCUT2D eigenvalue weighted by atomic mass is 16.5. The van der Waals surface area contributed by atoms with Gasteiger partial charge in [0.15, 0.2) is 0 Å². The van der Waals surface area contributed by atoms with Crippen LogP contribution in [0.4, 0.5) is 0 Å². The van der Waals surface area contributed by atoms with Gasteiger partial charge in [-0.25, -0.2) is 0 Å². The van der Waals surface area contributed by atoms with E-state index in [2.05, 4.69) is 28.2 Å². The van der Waals surface area contributed by atoms with E-state index in [1.165, 1.54) is 16.5 Å². The Bertz CT molecular complexity index is 560. The van der Waals surface area contributed by atoms with Crippen molar-refractivity contribution >= 4 is 16.9 Å². The van der Waals surface area contributed by atoms with Crippen LogP contribution in [0, 0.1) is 0 Å². The number of nitrogens with zero attached hydrogens (tertiary/aromatic N) is 1. The molecule has 0 atom stereocenters. The third-order valence-electron chi connectivity index (χ3n) is 3.11. The standard InChI is InChI=1S/C15H20N2O2/c1-3-19-15(18)8-9-16-10-12-11-17(2)14-7-5-4-6-13(12)14/h4-7,11,16H,3,8-10H2,1-2H3. The van der Waals surface area contributed by atoms with E-state index < -0.39 is 0 Å². The molecule has 0 saturated carbocycles. The number of rotatable bonds is 6. The van der Waals surface area contributed by atoms with Crippen LogP contribution in [-0.4, -0.2) is 23.7 Å². The van der Waals surface area contributed by atoms with Gasteiger partial charge >= 0.3 is 5.97 Å². The van der Waals surface area contributed by atoms with Gasteiger partial charge in [-0.2, -0.15) is 0 Å². The second-order valence-corrected chi connectivity index (χ2v) is 4.51. The lowest BCUT2D eigenvalue weighted by molar-refractivity contribution is -0.142. The highest BCUT2D eigenvalue weighted by Gasteiger charge is 2.06. The summed E-state index contributed by atoms with van der Waals surface area (Å²) in [7, 11) is 2.05. The second kappa shape index (κ2) is 6.38. The SMILES string of the molecule is CCOC(=O)CCNCc1cn(C)c2ccccc12. The maximum Gasteiger partial charge on any atom is 0.307 e. The summed E-state index contributed by atoms with van der Waals surface area (Å²) >= 11 is 0. The average Bonchev–Trinajstić information content (AvgIpc) is 2.73. The fourth-order valence-corrected chi connectivity index (χ4v) is 2.21. The summed E-state index contributed by atoms with van der Waals surface area (Å²) in [6, 6.07) is 8.32. The Labute approximate surface area is 113 Å². The molecule has 2 aromatic rings. The lowest BCUT2D eigenvalue weighted by Crippen LogP contribution is -2.18. The first-order chi connectivity index (χ1) is 9.22. The topological polar surface area (TPSA) is 43.3 Å². The van der Waals surface area contributed by atoms with Gasteiger partial charge in [-0.3, -0.25) is 4.79 Å². The highest BCUT2D eigenvalue weighted by molar-refractivity contribution is 5.83. The number of esters is 1. The van der Waals surface area contributed by atoms with Gasteiger partial charge in [0.25, 0.3) is 0 Å². The van der Waals surface area contributed by atoms with Gasteiger partial charge in [0.05, 0.1) is 13.0 Å². The van der Waals surface area contributed by atoms with Gasteiger partial charge < -0.3 is 14.6 Å². The van der Waals surface area contributed by atoms with E-state index >= 15 is 0 Å². The van der Waals surface area contributed by atoms with Crippen molar-refractivity contribution in [2.45, 2.75) is 19.9 Å². The molecule has 0 fully saturated rings. The van der Waals surface area contributed by atoms with E-state index in [1.54, 1.807) is 0 Å². The van der Waals surface area contributed by atoms with Crippen LogP contribution < -0.4 is 5.32 Å². The molecule has 1 aromatic heterocycles. The maximum atomic E-state index is 11.2. The van der Waals surface area contributed by atoms with Crippen molar-refractivity contribution in [3.05, 3.63) is 36.0 Å². The minimum Gasteiger partial charge on any atom is -0.466 e. The van der Waals surface area contributed by atoms with Crippen LogP contribution in [-0.2, 0) is 23.1 Å². The van der Waals surface area contributed by atoms with E-state index in [4.69, 9.17) is 4.74 Å². The van der Waals surface area contributed by atoms with Gasteiger partial charge in [-0.1, -0.05) is 18.2 Å². The molecular weight excluding hydrogens is 240 g/mol. The van der Waals surface area contributed by atoms with Gasteiger partial charge in [0.1, 0.15) is 0 Å². The van der Waals surface area contributed by atoms with Crippen LogP contribution in [0.3, 0.4) is 0 Å². The number of hydrogen-bond acceptors (Lipinski definition) is 3. The monoisotopic (exact) mass is 260 g/mol. The average molecular weight is 260 g/mol. The zero-order chi connectivity index (χ0) is 13.7. The molecule has 0 aliphatic carbocycles. The van der Waals surface area contributed by atoms with E-state index in [-0.39, 0.29) is 5.97 Å². The summed E-state index contributed by atoms with van der Waals surface area (Å²) in [6.45, 7) is 3.67. The van der Waals surface area contributed by atoms with Crippen LogP contribution in [0.25, 0.3) is 10.9 Å². The molecule has 2 rings (SSSR count). The summed E-state index contributed by atoms with van der Waals surface area (Å²) in [5, 5.41) is 4.54. The molecular formula is C15H20N2O2. The number of benzene rings is 1. The molecule has 0 radical (unpaired) electrons. The lowest BCUT2D eigenvalue weighted by Gasteiger charge is -2.04. The second-order valence-electron chi connectivity index (χ2n) is 4.51. The molecule has 0 unspecified atom stereocenters. The number of hydrogen-bond donors (Lipinski definition) is 1. The number of carbonyl (C=O) groups excluding carboxylic acids is 1. The Morgan fingerprint density at radius 2 is 2.16 bits per heavy atom. The number of para-hydroxylation sites is 1. The number of aryl methyl sites for hydroxylation is 1. The molecule has 1 aromatic carbocycles. The third kappa shape index (κ3) is 3.35. The molecule has 19 heavy (non-hydrogen) atoms. The first-order valence-electron chi connectivity index (χ1n) is 6.61. The zero-order valence-electron chi connectivity index (χ0n) is 11.5. The van der Waals surface area contributed by atoms with Crippen molar-refractivity contribution in [2.75, 3.05) is 13.2 Å². The third-order valence-corrected chi connectivity index (χ3v) is 3.11. The Hall–Kier alpha value is -1.81. The van der Waals surface area contributed by atoms with Crippen molar-refractivity contribution in [2.24, 2.45) is 7.05 Å². The van der Waals surface area contributed by atoms with Crippen LogP contribution in [0.1, 0.15) is 18.9 Å². The van der Waals surface area contributed by atoms with Crippen LogP contribution in [0.15, 0.2) is 30.5 Å². The molecule has 1 N–H and O–H groups in total. The first kappa shape index (κ1) is 13.6. The molecule has 102 valence electrons. The Morgan fingerprint density at radius 3 is 2.95 bits per heavy atom. The van der Waals surface area contributed by atoms with Crippen molar-refractivity contribution in [3.8, 4) is 0 Å². The lowest BCUT2D eigenvalue weighted by atomic mass is 10.2. The summed E-state index contributed by atoms with van der Waals surface area (Å²) in [6.07, 6.45) is 2.54. The summed E-state index contributed by atoms with van der Waals surface area (Å²) in [5.41, 5.74) is 2.48. The van der Waals surface area contributed by atoms with Crippen LogP contribution in [0.5, 0.6) is 0 Å². The van der Waals surface area contributed by atoms with Crippen LogP contribution in [0.2, 0.25) is 0 Å². The van der Waals surface area contributed by atoms with Gasteiger partial charge in [0, 0.05) is 37.2 Å². The molecule has 0 aliphatic rings. The Morgan fingerprint density at radius 1 is 1.37 bits per heavy atom. The van der Waals surface area contributed by atoms with Gasteiger partial charge in [-0.15, -0.1) is 0 Å². The van der Waals surface area contributed by atoms with Gasteiger partial charge in [-0.05, 0) is 18.6 Å². The predicted molar refractivity (Wildman–Crippen MR) is 75.9 cm³/mol. The zero-order valence-corrected chi connectivity index (χ0v) is 11.5. The molecule has 4 heteroatoms. The van der Waals surface area contributed by atoms with E-state index in [1.807, 2.05) is 26.1 Å². The minimum atomic E-state index is -0.145. The molecule has 0 saturated heterocycles. The molecule has 1 heterocycles. The number of carbonyl (C=O) groups is 1. The summed E-state index contributed by atoms with van der Waals surface area (Å²) in [4.78, 5) is 11.2. The Kier molecular flexibility index (Phi) is 4.58. The normalized spacial score (nSPS) is 10.8. The smallest absolute Gasteiger partial charge is 0.307 e. The number of ether oxygens (including phenoxy) is 1. The number of aromatic nitrogens is 1. The molecule has 0 spiro atoms. The Balaban J connectivity index is 1.90. The first-order valence-corrected chi connectivity index (χ1v) is 6.61. The fourth-order valence-electron chi connectivity index (χ4n) is 2.21. The van der Waals surface area contributed by atoms with E-state index in [0.717, 1.165) is 6.54 Å². The van der Waals surface area contributed by atoms with Crippen molar-refractivity contribution in [1.29, 1.82) is 0 Å². The molecule has 0 aliphatic heterocycles. The van der Waals surface area contributed by atoms with Crippen molar-refractivity contribution < 1.29 is 9.53 Å². The number of nitrogens with one attached hydrogen (secondary N) is 1. The minimum absolute atomic E-state index is 0.145. The van der Waals surface area contributed by atoms with Crippen LogP contribution >= 0.6 is 0 Å². The van der Waals surface area contributed by atoms with Gasteiger partial charge in [0.2, 0.25) is 0 Å². The maximum absolute atomic E-state index is 11.2. The highest BCUT2D eigenvalue weighted by Crippen LogP contribution is 2.19.